The van der Waals surface area contributed by atoms with Gasteiger partial charge in [0.15, 0.2) is 5.78 Å². The molecule has 0 heterocycles. The highest BCUT2D eigenvalue weighted by Crippen LogP contribution is 2.30. The molecule has 0 N–H and O–H groups in total. The highest BCUT2D eigenvalue weighted by Gasteiger charge is 2.27. The Balaban J connectivity index is 2.72. The number of rotatable bonds is 1. The number of Topliss-reactive ketones (excluding diaryl/α,β-unsaturated/α-hetero) is 1. The lowest BCUT2D eigenvalue weighted by Gasteiger charge is -2.14. The molecule has 0 fully saturated rings. The van der Waals surface area contributed by atoms with Gasteiger partial charge >= 0.3 is 0 Å². The summed E-state index contributed by atoms with van der Waals surface area (Å²) in [6.07, 6.45) is 1.13. The van der Waals surface area contributed by atoms with E-state index in [-0.39, 0.29) is 22.2 Å². The van der Waals surface area contributed by atoms with Crippen LogP contribution in [-0.4, -0.2) is 18.7 Å². The number of fused-ring (bicyclic) bond motifs is 1. The Bertz CT molecular complexity index is 489. The van der Waals surface area contributed by atoms with Crippen molar-refractivity contribution in [3.05, 3.63) is 40.4 Å². The zero-order valence-corrected chi connectivity index (χ0v) is 8.67. The van der Waals surface area contributed by atoms with Crippen LogP contribution in [0.2, 0.25) is 0 Å². The summed E-state index contributed by atoms with van der Waals surface area (Å²) in [5, 5.41) is -0.0722. The van der Waals surface area contributed by atoms with E-state index in [2.05, 4.69) is 0 Å². The predicted molar refractivity (Wildman–Crippen MR) is 55.6 cm³/mol. The zero-order chi connectivity index (χ0) is 11.0. The normalized spacial score (nSPS) is 14.7. The van der Waals surface area contributed by atoms with Gasteiger partial charge in [0.05, 0.1) is 17.7 Å². The molecule has 0 amide bonds. The van der Waals surface area contributed by atoms with E-state index in [4.69, 9.17) is 16.3 Å². The van der Waals surface area contributed by atoms with E-state index in [0.717, 1.165) is 6.08 Å². The fourth-order valence-corrected chi connectivity index (χ4v) is 1.71. The maximum Gasteiger partial charge on any atom is 0.208 e. The van der Waals surface area contributed by atoms with Crippen LogP contribution in [0.15, 0.2) is 29.3 Å². The first-order valence-electron chi connectivity index (χ1n) is 4.28. The van der Waals surface area contributed by atoms with Crippen LogP contribution in [0.5, 0.6) is 5.75 Å². The molecule has 76 valence electrons. The number of carbonyl (C=O) groups is 2. The molecule has 0 saturated heterocycles. The van der Waals surface area contributed by atoms with Crippen LogP contribution in [0.3, 0.4) is 0 Å². The summed E-state index contributed by atoms with van der Waals surface area (Å²) in [6.45, 7) is 0. The van der Waals surface area contributed by atoms with Crippen molar-refractivity contribution in [3.8, 4) is 5.75 Å². The van der Waals surface area contributed by atoms with Crippen LogP contribution in [0, 0.1) is 0 Å². The number of hydrogen-bond acceptors (Lipinski definition) is 3. The maximum absolute atomic E-state index is 11.7. The molecule has 0 saturated carbocycles. The van der Waals surface area contributed by atoms with Crippen LogP contribution in [0.25, 0.3) is 0 Å². The fraction of sp³-hybridized carbons (Fsp3) is 0.0909. The van der Waals surface area contributed by atoms with Crippen molar-refractivity contribution in [2.45, 2.75) is 0 Å². The van der Waals surface area contributed by atoms with E-state index in [0.29, 0.717) is 11.3 Å². The Morgan fingerprint density at radius 2 is 2.00 bits per heavy atom. The summed E-state index contributed by atoms with van der Waals surface area (Å²) in [5.74, 6) is -0.269. The van der Waals surface area contributed by atoms with Crippen molar-refractivity contribution >= 4 is 23.2 Å². The summed E-state index contributed by atoms with van der Waals surface area (Å²) in [4.78, 5) is 23.3. The topological polar surface area (TPSA) is 43.4 Å². The second-order valence-corrected chi connectivity index (χ2v) is 3.48. The van der Waals surface area contributed by atoms with Crippen LogP contribution in [0.4, 0.5) is 0 Å². The lowest BCUT2D eigenvalue weighted by Crippen LogP contribution is -2.15. The number of carbonyl (C=O) groups excluding carboxylic acids is 2. The average Bonchev–Trinajstić information content (AvgIpc) is 2.25. The molecule has 0 spiro atoms. The number of halogens is 1. The standard InChI is InChI=1S/C11H7ClO3/c1-15-9-4-2-3-6-8(13)5-7(12)11(14)10(6)9/h2-5H,1H3. The lowest BCUT2D eigenvalue weighted by molar-refractivity contribution is 0.0988. The van der Waals surface area contributed by atoms with Gasteiger partial charge in [0.2, 0.25) is 5.78 Å². The van der Waals surface area contributed by atoms with Crippen LogP contribution in [-0.2, 0) is 0 Å². The molecule has 1 aromatic carbocycles. The van der Waals surface area contributed by atoms with E-state index in [1.165, 1.54) is 7.11 Å². The van der Waals surface area contributed by atoms with Gasteiger partial charge in [-0.25, -0.2) is 0 Å². The van der Waals surface area contributed by atoms with Crippen molar-refractivity contribution in [2.75, 3.05) is 7.11 Å². The van der Waals surface area contributed by atoms with Gasteiger partial charge in [-0.15, -0.1) is 0 Å². The Morgan fingerprint density at radius 3 is 2.67 bits per heavy atom. The van der Waals surface area contributed by atoms with Gasteiger partial charge < -0.3 is 4.74 Å². The summed E-state index contributed by atoms with van der Waals surface area (Å²) in [6, 6.07) is 4.87. The number of methoxy groups -OCH3 is 1. The van der Waals surface area contributed by atoms with Gasteiger partial charge in [-0.1, -0.05) is 23.7 Å². The minimum atomic E-state index is -0.372. The molecule has 1 aliphatic rings. The summed E-state index contributed by atoms with van der Waals surface area (Å²) < 4.78 is 5.02. The number of allylic oxidation sites excluding steroid dienone is 2. The fourth-order valence-electron chi connectivity index (χ4n) is 1.52. The third-order valence-corrected chi connectivity index (χ3v) is 2.49. The number of ketones is 2. The van der Waals surface area contributed by atoms with Gasteiger partial charge in [0.1, 0.15) is 5.75 Å². The molecular formula is C11H7ClO3. The number of ether oxygens (including phenoxy) is 1. The van der Waals surface area contributed by atoms with E-state index in [1.807, 2.05) is 0 Å². The molecule has 2 rings (SSSR count). The highest BCUT2D eigenvalue weighted by molar-refractivity contribution is 6.49. The van der Waals surface area contributed by atoms with Crippen molar-refractivity contribution in [1.29, 1.82) is 0 Å². The van der Waals surface area contributed by atoms with Crippen LogP contribution < -0.4 is 4.74 Å². The summed E-state index contributed by atoms with van der Waals surface area (Å²) in [7, 11) is 1.44. The average molecular weight is 223 g/mol. The van der Waals surface area contributed by atoms with Crippen molar-refractivity contribution in [2.24, 2.45) is 0 Å². The van der Waals surface area contributed by atoms with Crippen LogP contribution in [0.1, 0.15) is 20.7 Å². The molecule has 3 nitrogen and oxygen atoms in total. The third-order valence-electron chi connectivity index (χ3n) is 2.21. The molecule has 1 aliphatic carbocycles. The quantitative estimate of drug-likeness (QED) is 0.732. The molecule has 0 aromatic heterocycles. The van der Waals surface area contributed by atoms with Gasteiger partial charge in [-0.05, 0) is 6.07 Å². The largest absolute Gasteiger partial charge is 0.496 e. The molecule has 0 aliphatic heterocycles. The molecular weight excluding hydrogens is 216 g/mol. The van der Waals surface area contributed by atoms with E-state index < -0.39 is 0 Å². The Morgan fingerprint density at radius 1 is 1.27 bits per heavy atom. The third kappa shape index (κ3) is 1.45. The second-order valence-electron chi connectivity index (χ2n) is 3.07. The predicted octanol–water partition coefficient (Wildman–Crippen LogP) is 2.20. The minimum absolute atomic E-state index is 0.0722. The first-order chi connectivity index (χ1) is 7.15. The van der Waals surface area contributed by atoms with E-state index in [1.54, 1.807) is 18.2 Å². The Labute approximate surface area is 91.3 Å². The monoisotopic (exact) mass is 222 g/mol. The summed E-state index contributed by atoms with van der Waals surface area (Å²) in [5.41, 5.74) is 0.584. The Hall–Kier alpha value is -1.61. The number of hydrogen-bond donors (Lipinski definition) is 0. The van der Waals surface area contributed by atoms with Gasteiger partial charge in [-0.2, -0.15) is 0 Å². The van der Waals surface area contributed by atoms with Gasteiger partial charge in [0.25, 0.3) is 0 Å². The molecule has 1 aromatic rings. The smallest absolute Gasteiger partial charge is 0.208 e. The van der Waals surface area contributed by atoms with Gasteiger partial charge in [-0.3, -0.25) is 9.59 Å². The summed E-state index contributed by atoms with van der Waals surface area (Å²) >= 11 is 5.65. The van der Waals surface area contributed by atoms with Crippen molar-refractivity contribution in [3.63, 3.8) is 0 Å². The van der Waals surface area contributed by atoms with Gasteiger partial charge in [0, 0.05) is 11.6 Å². The Kier molecular flexibility index (Phi) is 2.32. The molecule has 0 bridgehead atoms. The van der Waals surface area contributed by atoms with E-state index >= 15 is 0 Å². The second kappa shape index (κ2) is 3.51. The molecule has 4 heteroatoms. The van der Waals surface area contributed by atoms with E-state index in [9.17, 15) is 9.59 Å². The molecule has 15 heavy (non-hydrogen) atoms. The zero-order valence-electron chi connectivity index (χ0n) is 7.91. The first kappa shape index (κ1) is 9.93. The minimum Gasteiger partial charge on any atom is -0.496 e. The molecule has 0 radical (unpaired) electrons. The highest BCUT2D eigenvalue weighted by atomic mass is 35.5. The number of benzene rings is 1. The van der Waals surface area contributed by atoms with Crippen molar-refractivity contribution < 1.29 is 14.3 Å². The molecule has 0 unspecified atom stereocenters. The lowest BCUT2D eigenvalue weighted by atomic mass is 9.94. The first-order valence-corrected chi connectivity index (χ1v) is 4.66. The molecule has 0 atom stereocenters. The SMILES string of the molecule is COc1cccc2c1C(=O)C(Cl)=CC2=O. The van der Waals surface area contributed by atoms with Crippen molar-refractivity contribution in [1.82, 2.24) is 0 Å². The maximum atomic E-state index is 11.7. The van der Waals surface area contributed by atoms with Crippen LogP contribution >= 0.6 is 11.6 Å².